The van der Waals surface area contributed by atoms with E-state index in [0.29, 0.717) is 37.2 Å². The highest BCUT2D eigenvalue weighted by Crippen LogP contribution is 2.22. The number of rotatable bonds is 7. The Hall–Kier alpha value is -2.45. The number of hydrogen-bond donors (Lipinski definition) is 3. The van der Waals surface area contributed by atoms with E-state index in [1.807, 2.05) is 0 Å². The fourth-order valence-corrected chi connectivity index (χ4v) is 3.21. The molecular formula is C18H25N5O3. The minimum atomic E-state index is -0.258. The van der Waals surface area contributed by atoms with Gasteiger partial charge in [0.25, 0.3) is 11.8 Å². The number of nitrogens with one attached hydrogen (secondary N) is 3. The lowest BCUT2D eigenvalue weighted by atomic mass is 10.1. The maximum atomic E-state index is 12.2. The number of piperazine rings is 1. The molecule has 0 atom stereocenters. The normalized spacial score (nSPS) is 17.3. The van der Waals surface area contributed by atoms with Gasteiger partial charge in [-0.15, -0.1) is 0 Å². The Labute approximate surface area is 152 Å². The zero-order valence-electron chi connectivity index (χ0n) is 14.8. The summed E-state index contributed by atoms with van der Waals surface area (Å²) in [6.45, 7) is 6.13. The number of fused-ring (bicyclic) bond motifs is 1. The van der Waals surface area contributed by atoms with Gasteiger partial charge < -0.3 is 16.0 Å². The standard InChI is InChI=1S/C18H25N5O3/c24-16-14-4-1-2-5-15(14)17(25)23(16)10-3-6-20-18(26)21-9-13-22-11-7-19-8-12-22/h1-2,4-5,19H,3,6-13H2,(H2,20,21,26). The molecule has 8 heteroatoms. The fourth-order valence-electron chi connectivity index (χ4n) is 3.21. The molecule has 2 aliphatic rings. The number of imide groups is 1. The Morgan fingerprint density at radius 1 is 0.962 bits per heavy atom. The molecule has 3 rings (SSSR count). The van der Waals surface area contributed by atoms with Crippen LogP contribution in [0.4, 0.5) is 4.79 Å². The average molecular weight is 359 g/mol. The van der Waals surface area contributed by atoms with Crippen LogP contribution < -0.4 is 16.0 Å². The van der Waals surface area contributed by atoms with Crippen molar-refractivity contribution in [2.24, 2.45) is 0 Å². The minimum absolute atomic E-state index is 0.220. The minimum Gasteiger partial charge on any atom is -0.338 e. The third-order valence-corrected chi connectivity index (χ3v) is 4.65. The predicted molar refractivity (Wildman–Crippen MR) is 97.1 cm³/mol. The van der Waals surface area contributed by atoms with E-state index in [-0.39, 0.29) is 17.8 Å². The highest BCUT2D eigenvalue weighted by atomic mass is 16.2. The molecule has 0 aromatic heterocycles. The molecule has 2 aliphatic heterocycles. The summed E-state index contributed by atoms with van der Waals surface area (Å²) in [5.74, 6) is -0.517. The molecule has 3 N–H and O–H groups in total. The molecule has 26 heavy (non-hydrogen) atoms. The Balaban J connectivity index is 1.31. The van der Waals surface area contributed by atoms with E-state index >= 15 is 0 Å². The monoisotopic (exact) mass is 359 g/mol. The summed E-state index contributed by atoms with van der Waals surface area (Å²) in [6, 6.07) is 6.61. The quantitative estimate of drug-likeness (QED) is 0.466. The summed E-state index contributed by atoms with van der Waals surface area (Å²) in [6.07, 6.45) is 0.524. The average Bonchev–Trinajstić information content (AvgIpc) is 2.91. The van der Waals surface area contributed by atoms with Gasteiger partial charge in [-0.2, -0.15) is 0 Å². The molecule has 0 aliphatic carbocycles. The van der Waals surface area contributed by atoms with Crippen LogP contribution >= 0.6 is 0 Å². The van der Waals surface area contributed by atoms with Crippen LogP contribution in [0, 0.1) is 0 Å². The summed E-state index contributed by atoms with van der Waals surface area (Å²) in [4.78, 5) is 39.8. The van der Waals surface area contributed by atoms with E-state index in [9.17, 15) is 14.4 Å². The lowest BCUT2D eigenvalue weighted by Gasteiger charge is -2.27. The zero-order valence-corrected chi connectivity index (χ0v) is 14.8. The van der Waals surface area contributed by atoms with Crippen molar-refractivity contribution < 1.29 is 14.4 Å². The summed E-state index contributed by atoms with van der Waals surface area (Å²) < 4.78 is 0. The highest BCUT2D eigenvalue weighted by Gasteiger charge is 2.34. The molecule has 0 bridgehead atoms. The number of hydrogen-bond acceptors (Lipinski definition) is 5. The third kappa shape index (κ3) is 4.39. The first kappa shape index (κ1) is 18.3. The number of nitrogens with zero attached hydrogens (tertiary/aromatic N) is 2. The van der Waals surface area contributed by atoms with Crippen LogP contribution in [0.25, 0.3) is 0 Å². The van der Waals surface area contributed by atoms with Crippen LogP contribution in [0.5, 0.6) is 0 Å². The first-order valence-corrected chi connectivity index (χ1v) is 9.07. The van der Waals surface area contributed by atoms with Gasteiger partial charge in [0, 0.05) is 52.4 Å². The molecule has 140 valence electrons. The summed E-state index contributed by atoms with van der Waals surface area (Å²) in [5.41, 5.74) is 0.909. The van der Waals surface area contributed by atoms with Gasteiger partial charge in [-0.1, -0.05) is 12.1 Å². The summed E-state index contributed by atoms with van der Waals surface area (Å²) in [7, 11) is 0. The van der Waals surface area contributed by atoms with Crippen LogP contribution in [0.1, 0.15) is 27.1 Å². The fraction of sp³-hybridized carbons (Fsp3) is 0.500. The SMILES string of the molecule is O=C(NCCCN1C(=O)c2ccccc2C1=O)NCCN1CCNCC1. The van der Waals surface area contributed by atoms with Crippen molar-refractivity contribution in [2.45, 2.75) is 6.42 Å². The highest BCUT2D eigenvalue weighted by molar-refractivity contribution is 6.21. The molecule has 0 saturated carbocycles. The van der Waals surface area contributed by atoms with Gasteiger partial charge in [-0.05, 0) is 18.6 Å². The van der Waals surface area contributed by atoms with Crippen LogP contribution in [-0.2, 0) is 0 Å². The summed E-state index contributed by atoms with van der Waals surface area (Å²) in [5, 5.41) is 8.89. The van der Waals surface area contributed by atoms with Gasteiger partial charge in [-0.25, -0.2) is 4.79 Å². The number of carbonyl (C=O) groups is 3. The second kappa shape index (κ2) is 8.77. The third-order valence-electron chi connectivity index (χ3n) is 4.65. The molecule has 0 radical (unpaired) electrons. The van der Waals surface area contributed by atoms with Gasteiger partial charge in [0.05, 0.1) is 11.1 Å². The van der Waals surface area contributed by atoms with Crippen molar-refractivity contribution in [3.63, 3.8) is 0 Å². The van der Waals surface area contributed by atoms with E-state index in [4.69, 9.17) is 0 Å². The lowest BCUT2D eigenvalue weighted by molar-refractivity contribution is 0.0653. The number of urea groups is 1. The number of benzene rings is 1. The van der Waals surface area contributed by atoms with Crippen molar-refractivity contribution in [3.8, 4) is 0 Å². The Bertz CT molecular complexity index is 638. The summed E-state index contributed by atoms with van der Waals surface area (Å²) >= 11 is 0. The molecule has 1 fully saturated rings. The van der Waals surface area contributed by atoms with Crippen LogP contribution in [0.15, 0.2) is 24.3 Å². The van der Waals surface area contributed by atoms with E-state index in [0.717, 1.165) is 32.7 Å². The maximum absolute atomic E-state index is 12.2. The predicted octanol–water partition coefficient (Wildman–Crippen LogP) is -0.123. The van der Waals surface area contributed by atoms with Gasteiger partial charge in [0.1, 0.15) is 0 Å². The van der Waals surface area contributed by atoms with Crippen LogP contribution in [0.2, 0.25) is 0 Å². The van der Waals surface area contributed by atoms with E-state index in [1.54, 1.807) is 24.3 Å². The van der Waals surface area contributed by atoms with Gasteiger partial charge in [-0.3, -0.25) is 19.4 Å². The molecule has 1 aromatic carbocycles. The van der Waals surface area contributed by atoms with Crippen LogP contribution in [-0.4, -0.2) is 80.0 Å². The largest absolute Gasteiger partial charge is 0.338 e. The second-order valence-corrected chi connectivity index (χ2v) is 6.44. The lowest BCUT2D eigenvalue weighted by Crippen LogP contribution is -2.47. The molecule has 8 nitrogen and oxygen atoms in total. The second-order valence-electron chi connectivity index (χ2n) is 6.44. The van der Waals surface area contributed by atoms with E-state index in [2.05, 4.69) is 20.9 Å². The molecule has 1 saturated heterocycles. The molecular weight excluding hydrogens is 334 g/mol. The van der Waals surface area contributed by atoms with Gasteiger partial charge >= 0.3 is 6.03 Å². The Morgan fingerprint density at radius 3 is 2.23 bits per heavy atom. The van der Waals surface area contributed by atoms with Crippen molar-refractivity contribution >= 4 is 17.8 Å². The molecule has 4 amide bonds. The number of amides is 4. The molecule has 0 unspecified atom stereocenters. The van der Waals surface area contributed by atoms with Crippen molar-refractivity contribution in [1.29, 1.82) is 0 Å². The smallest absolute Gasteiger partial charge is 0.314 e. The first-order valence-electron chi connectivity index (χ1n) is 9.07. The molecule has 0 spiro atoms. The van der Waals surface area contributed by atoms with E-state index in [1.165, 1.54) is 4.90 Å². The molecule has 1 aromatic rings. The Morgan fingerprint density at radius 2 is 1.58 bits per heavy atom. The number of carbonyl (C=O) groups excluding carboxylic acids is 3. The van der Waals surface area contributed by atoms with Crippen molar-refractivity contribution in [1.82, 2.24) is 25.8 Å². The van der Waals surface area contributed by atoms with Crippen molar-refractivity contribution in [2.75, 3.05) is 52.4 Å². The zero-order chi connectivity index (χ0) is 18.4. The van der Waals surface area contributed by atoms with Crippen LogP contribution in [0.3, 0.4) is 0 Å². The van der Waals surface area contributed by atoms with E-state index < -0.39 is 0 Å². The van der Waals surface area contributed by atoms with Gasteiger partial charge in [0.2, 0.25) is 0 Å². The van der Waals surface area contributed by atoms with Crippen molar-refractivity contribution in [3.05, 3.63) is 35.4 Å². The van der Waals surface area contributed by atoms with Gasteiger partial charge in [0.15, 0.2) is 0 Å². The molecule has 2 heterocycles. The Kier molecular flexibility index (Phi) is 6.19. The first-order chi connectivity index (χ1) is 12.7. The topological polar surface area (TPSA) is 93.8 Å². The maximum Gasteiger partial charge on any atom is 0.314 e.